The summed E-state index contributed by atoms with van der Waals surface area (Å²) in [7, 11) is 0. The molecular formula is C22H16N4O2. The summed E-state index contributed by atoms with van der Waals surface area (Å²) in [6.45, 7) is 1.91. The Balaban J connectivity index is 2.05. The third-order valence-electron chi connectivity index (χ3n) is 4.31. The van der Waals surface area contributed by atoms with Crippen molar-refractivity contribution in [2.45, 2.75) is 6.92 Å². The molecule has 0 atom stereocenters. The molecule has 0 N–H and O–H groups in total. The summed E-state index contributed by atoms with van der Waals surface area (Å²) < 4.78 is 6.60. The first kappa shape index (κ1) is 17.4. The van der Waals surface area contributed by atoms with E-state index in [0.717, 1.165) is 16.8 Å². The van der Waals surface area contributed by atoms with Crippen molar-refractivity contribution in [3.63, 3.8) is 0 Å². The molecule has 0 bridgehead atoms. The number of nitrogens with zero attached hydrogens (tertiary/aromatic N) is 4. The van der Waals surface area contributed by atoms with Gasteiger partial charge in [0.05, 0.1) is 18.0 Å². The SMILES string of the molecule is CCOC(=O)c1nn2c(-c3ccccc3)cc(-c3ccccc3)nc2c1C#N. The van der Waals surface area contributed by atoms with E-state index in [-0.39, 0.29) is 17.9 Å². The minimum absolute atomic E-state index is 0.0285. The quantitative estimate of drug-likeness (QED) is 0.506. The minimum atomic E-state index is -0.634. The maximum absolute atomic E-state index is 12.3. The molecule has 0 saturated heterocycles. The largest absolute Gasteiger partial charge is 0.461 e. The van der Waals surface area contributed by atoms with Gasteiger partial charge in [0.25, 0.3) is 0 Å². The van der Waals surface area contributed by atoms with Crippen LogP contribution in [0.25, 0.3) is 28.2 Å². The van der Waals surface area contributed by atoms with Crippen LogP contribution in [0.15, 0.2) is 66.7 Å². The van der Waals surface area contributed by atoms with Crippen LogP contribution in [-0.2, 0) is 4.74 Å². The molecule has 0 aliphatic carbocycles. The molecule has 6 nitrogen and oxygen atoms in total. The van der Waals surface area contributed by atoms with Crippen LogP contribution in [0.1, 0.15) is 23.0 Å². The molecule has 0 radical (unpaired) electrons. The summed E-state index contributed by atoms with van der Waals surface area (Å²) in [6.07, 6.45) is 0. The van der Waals surface area contributed by atoms with Gasteiger partial charge in [0.1, 0.15) is 11.6 Å². The number of aromatic nitrogens is 3. The van der Waals surface area contributed by atoms with Crippen LogP contribution in [-0.4, -0.2) is 27.2 Å². The fourth-order valence-electron chi connectivity index (χ4n) is 3.03. The number of hydrogen-bond donors (Lipinski definition) is 0. The zero-order valence-corrected chi connectivity index (χ0v) is 15.2. The first-order valence-electron chi connectivity index (χ1n) is 8.84. The monoisotopic (exact) mass is 368 g/mol. The number of hydrogen-bond acceptors (Lipinski definition) is 5. The number of carbonyl (C=O) groups is 1. The second kappa shape index (κ2) is 7.33. The van der Waals surface area contributed by atoms with Crippen LogP contribution in [0.4, 0.5) is 0 Å². The number of esters is 1. The predicted molar refractivity (Wildman–Crippen MR) is 105 cm³/mol. The third-order valence-corrected chi connectivity index (χ3v) is 4.31. The average molecular weight is 368 g/mol. The molecule has 28 heavy (non-hydrogen) atoms. The van der Waals surface area contributed by atoms with Gasteiger partial charge in [0.15, 0.2) is 11.3 Å². The molecule has 0 unspecified atom stereocenters. The topological polar surface area (TPSA) is 80.3 Å². The number of fused-ring (bicyclic) bond motifs is 1. The van der Waals surface area contributed by atoms with Crippen LogP contribution in [0.3, 0.4) is 0 Å². The zero-order chi connectivity index (χ0) is 19.5. The normalized spacial score (nSPS) is 10.6. The first-order chi connectivity index (χ1) is 13.7. The van der Waals surface area contributed by atoms with Crippen LogP contribution < -0.4 is 0 Å². The molecule has 0 saturated carbocycles. The molecule has 6 heteroatoms. The van der Waals surface area contributed by atoms with Crippen molar-refractivity contribution >= 4 is 11.6 Å². The number of benzene rings is 2. The van der Waals surface area contributed by atoms with E-state index in [2.05, 4.69) is 16.2 Å². The zero-order valence-electron chi connectivity index (χ0n) is 15.2. The highest BCUT2D eigenvalue weighted by molar-refractivity contribution is 5.93. The Morgan fingerprint density at radius 1 is 1.07 bits per heavy atom. The Bertz CT molecular complexity index is 1190. The maximum atomic E-state index is 12.3. The van der Waals surface area contributed by atoms with E-state index < -0.39 is 5.97 Å². The van der Waals surface area contributed by atoms with E-state index in [1.165, 1.54) is 4.52 Å². The van der Waals surface area contributed by atoms with Crippen molar-refractivity contribution in [3.8, 4) is 28.6 Å². The molecule has 136 valence electrons. The Labute approximate surface area is 161 Å². The number of carbonyl (C=O) groups excluding carboxylic acids is 1. The summed E-state index contributed by atoms with van der Waals surface area (Å²) in [5, 5.41) is 14.1. The van der Waals surface area contributed by atoms with Gasteiger partial charge < -0.3 is 4.74 Å². The maximum Gasteiger partial charge on any atom is 0.360 e. The molecule has 2 heterocycles. The molecule has 0 aliphatic rings. The van der Waals surface area contributed by atoms with Gasteiger partial charge >= 0.3 is 5.97 Å². The van der Waals surface area contributed by atoms with Crippen molar-refractivity contribution in [1.82, 2.24) is 14.6 Å². The van der Waals surface area contributed by atoms with Gasteiger partial charge in [-0.25, -0.2) is 14.3 Å². The van der Waals surface area contributed by atoms with Gasteiger partial charge in [-0.15, -0.1) is 0 Å². The fourth-order valence-corrected chi connectivity index (χ4v) is 3.03. The van der Waals surface area contributed by atoms with E-state index in [4.69, 9.17) is 4.74 Å². The van der Waals surface area contributed by atoms with Crippen molar-refractivity contribution in [3.05, 3.63) is 78.0 Å². The van der Waals surface area contributed by atoms with Gasteiger partial charge in [-0.3, -0.25) is 0 Å². The van der Waals surface area contributed by atoms with Gasteiger partial charge in [-0.1, -0.05) is 60.7 Å². The van der Waals surface area contributed by atoms with Crippen LogP contribution >= 0.6 is 0 Å². The highest BCUT2D eigenvalue weighted by Crippen LogP contribution is 2.28. The third kappa shape index (κ3) is 2.99. The molecule has 0 fully saturated rings. The fraction of sp³-hybridized carbons (Fsp3) is 0.0909. The average Bonchev–Trinajstić information content (AvgIpc) is 3.13. The Kier molecular flexibility index (Phi) is 4.56. The number of rotatable bonds is 4. The number of nitriles is 1. The Morgan fingerprint density at radius 3 is 2.32 bits per heavy atom. The summed E-state index contributed by atoms with van der Waals surface area (Å²) in [6, 6.07) is 23.3. The molecule has 4 aromatic rings. The van der Waals surface area contributed by atoms with Gasteiger partial charge in [-0.2, -0.15) is 10.4 Å². The predicted octanol–water partition coefficient (Wildman–Crippen LogP) is 4.11. The van der Waals surface area contributed by atoms with E-state index >= 15 is 0 Å². The highest BCUT2D eigenvalue weighted by Gasteiger charge is 2.24. The summed E-state index contributed by atoms with van der Waals surface area (Å²) in [5.74, 6) is -0.634. The lowest BCUT2D eigenvalue weighted by molar-refractivity contribution is 0.0518. The molecule has 0 spiro atoms. The molecular weight excluding hydrogens is 352 g/mol. The van der Waals surface area contributed by atoms with Crippen molar-refractivity contribution < 1.29 is 9.53 Å². The highest BCUT2D eigenvalue weighted by atomic mass is 16.5. The van der Waals surface area contributed by atoms with Crippen molar-refractivity contribution in [1.29, 1.82) is 5.26 Å². The lowest BCUT2D eigenvalue weighted by Crippen LogP contribution is -2.07. The standard InChI is InChI=1S/C22H16N4O2/c1-2-28-22(27)20-17(14-23)21-24-18(15-9-5-3-6-10-15)13-19(26(21)25-20)16-11-7-4-8-12-16/h3-13H,2H2,1H3. The summed E-state index contributed by atoms with van der Waals surface area (Å²) >= 11 is 0. The molecule has 4 rings (SSSR count). The van der Waals surface area contributed by atoms with Crippen molar-refractivity contribution in [2.75, 3.05) is 6.61 Å². The Morgan fingerprint density at radius 2 is 1.71 bits per heavy atom. The first-order valence-corrected chi connectivity index (χ1v) is 8.84. The second-order valence-electron chi connectivity index (χ2n) is 6.05. The van der Waals surface area contributed by atoms with Crippen LogP contribution in [0.2, 0.25) is 0 Å². The molecule has 0 amide bonds. The Hall–Kier alpha value is -3.98. The second-order valence-corrected chi connectivity index (χ2v) is 6.05. The van der Waals surface area contributed by atoms with Gasteiger partial charge in [0.2, 0.25) is 0 Å². The smallest absolute Gasteiger partial charge is 0.360 e. The molecule has 0 aliphatic heterocycles. The van der Waals surface area contributed by atoms with E-state index in [1.807, 2.05) is 66.7 Å². The van der Waals surface area contributed by atoms with E-state index in [1.54, 1.807) is 6.92 Å². The van der Waals surface area contributed by atoms with Crippen LogP contribution in [0, 0.1) is 11.3 Å². The van der Waals surface area contributed by atoms with Gasteiger partial charge in [-0.05, 0) is 13.0 Å². The number of ether oxygens (including phenoxy) is 1. The van der Waals surface area contributed by atoms with E-state index in [9.17, 15) is 10.1 Å². The lowest BCUT2D eigenvalue weighted by Gasteiger charge is -2.08. The molecule has 2 aromatic heterocycles. The summed E-state index contributed by atoms with van der Waals surface area (Å²) in [5.41, 5.74) is 3.63. The van der Waals surface area contributed by atoms with E-state index in [0.29, 0.717) is 11.3 Å². The minimum Gasteiger partial charge on any atom is -0.461 e. The molecule has 2 aromatic carbocycles. The lowest BCUT2D eigenvalue weighted by atomic mass is 10.1. The van der Waals surface area contributed by atoms with Crippen LogP contribution in [0.5, 0.6) is 0 Å². The van der Waals surface area contributed by atoms with Crippen molar-refractivity contribution in [2.24, 2.45) is 0 Å². The summed E-state index contributed by atoms with van der Waals surface area (Å²) in [4.78, 5) is 17.0. The van der Waals surface area contributed by atoms with Gasteiger partial charge in [0, 0.05) is 11.1 Å².